The Labute approximate surface area is 84.4 Å². The van der Waals surface area contributed by atoms with Crippen molar-refractivity contribution >= 4 is 19.2 Å². The van der Waals surface area contributed by atoms with Crippen molar-refractivity contribution < 1.29 is 15.7 Å². The molecule has 4 nitrogen and oxygen atoms in total. The maximum Gasteiger partial charge on any atom is -0.870 e. The van der Waals surface area contributed by atoms with Crippen LogP contribution in [0.3, 0.4) is 0 Å². The van der Waals surface area contributed by atoms with E-state index in [0.29, 0.717) is 6.54 Å². The van der Waals surface area contributed by atoms with Crippen LogP contribution in [0.25, 0.3) is 0 Å². The van der Waals surface area contributed by atoms with E-state index in [2.05, 4.69) is 5.32 Å². The van der Waals surface area contributed by atoms with Gasteiger partial charge in [0.2, 0.25) is 0 Å². The maximum absolute atomic E-state index is 10.6. The first-order chi connectivity index (χ1) is 5.68. The first kappa shape index (κ1) is 15.2. The summed E-state index contributed by atoms with van der Waals surface area (Å²) < 4.78 is 0. The SMILES string of the molecule is [B+2]c1cccc(CNC(C)=O)c1.[OH-].[OH-]. The van der Waals surface area contributed by atoms with Gasteiger partial charge in [-0.1, -0.05) is 0 Å². The van der Waals surface area contributed by atoms with Crippen LogP contribution >= 0.6 is 0 Å². The predicted molar refractivity (Wildman–Crippen MR) is 53.2 cm³/mol. The predicted octanol–water partition coefficient (Wildman–Crippen LogP) is -0.237. The smallest absolute Gasteiger partial charge is 0.870 e. The molecular formula is C9H12BNO3. The summed E-state index contributed by atoms with van der Waals surface area (Å²) in [7, 11) is 5.55. The Morgan fingerprint density at radius 3 is 2.57 bits per heavy atom. The van der Waals surface area contributed by atoms with E-state index < -0.39 is 0 Å². The molecule has 0 spiro atoms. The third kappa shape index (κ3) is 5.34. The zero-order valence-electron chi connectivity index (χ0n) is 7.90. The summed E-state index contributed by atoms with van der Waals surface area (Å²) in [6.45, 7) is 2.03. The van der Waals surface area contributed by atoms with Crippen molar-refractivity contribution in [2.45, 2.75) is 13.5 Å². The van der Waals surface area contributed by atoms with Crippen LogP contribution in [0.1, 0.15) is 12.5 Å². The van der Waals surface area contributed by atoms with Gasteiger partial charge in [0, 0.05) is 0 Å². The van der Waals surface area contributed by atoms with Crippen molar-refractivity contribution in [3.8, 4) is 0 Å². The number of benzene rings is 1. The quantitative estimate of drug-likeness (QED) is 0.657. The van der Waals surface area contributed by atoms with E-state index in [1.165, 1.54) is 6.92 Å². The number of carbonyl (C=O) groups excluding carboxylic acids is 1. The number of hydrogen-bond acceptors (Lipinski definition) is 3. The van der Waals surface area contributed by atoms with Crippen LogP contribution in [0.15, 0.2) is 24.3 Å². The summed E-state index contributed by atoms with van der Waals surface area (Å²) >= 11 is 0. The summed E-state index contributed by atoms with van der Waals surface area (Å²) in [6, 6.07) is 7.45. The molecule has 0 heterocycles. The molecule has 74 valence electrons. The van der Waals surface area contributed by atoms with Gasteiger partial charge in [-0.05, 0) is 0 Å². The third-order valence-corrected chi connectivity index (χ3v) is 1.49. The van der Waals surface area contributed by atoms with E-state index in [4.69, 9.17) is 7.85 Å². The minimum atomic E-state index is -0.0302. The molecule has 1 rings (SSSR count). The van der Waals surface area contributed by atoms with Crippen molar-refractivity contribution in [3.63, 3.8) is 0 Å². The normalized spacial score (nSPS) is 8.21. The monoisotopic (exact) mass is 193 g/mol. The van der Waals surface area contributed by atoms with Crippen molar-refractivity contribution in [1.29, 1.82) is 0 Å². The topological polar surface area (TPSA) is 89.1 Å². The molecule has 0 saturated carbocycles. The number of rotatable bonds is 2. The zero-order chi connectivity index (χ0) is 8.97. The Kier molecular flexibility index (Phi) is 7.70. The summed E-state index contributed by atoms with van der Waals surface area (Å²) in [4.78, 5) is 10.6. The average Bonchev–Trinajstić information content (AvgIpc) is 2.01. The van der Waals surface area contributed by atoms with Gasteiger partial charge in [-0.3, -0.25) is 0 Å². The van der Waals surface area contributed by atoms with E-state index >= 15 is 0 Å². The van der Waals surface area contributed by atoms with Gasteiger partial charge < -0.3 is 11.0 Å². The van der Waals surface area contributed by atoms with Crippen LogP contribution in [0.4, 0.5) is 0 Å². The fourth-order valence-electron chi connectivity index (χ4n) is 0.930. The summed E-state index contributed by atoms with van der Waals surface area (Å²) in [5, 5.41) is 2.69. The van der Waals surface area contributed by atoms with Gasteiger partial charge in [-0.2, -0.15) is 0 Å². The molecule has 1 aromatic rings. The van der Waals surface area contributed by atoms with Gasteiger partial charge in [0.15, 0.2) is 0 Å². The Balaban J connectivity index is 0. The van der Waals surface area contributed by atoms with Crippen molar-refractivity contribution in [3.05, 3.63) is 29.8 Å². The first-order valence-electron chi connectivity index (χ1n) is 3.77. The molecule has 3 N–H and O–H groups in total. The van der Waals surface area contributed by atoms with Crippen LogP contribution in [-0.4, -0.2) is 24.7 Å². The molecule has 0 radical (unpaired) electrons. The molecule has 0 saturated heterocycles. The fraction of sp³-hybridized carbons (Fsp3) is 0.222. The van der Waals surface area contributed by atoms with Crippen molar-refractivity contribution in [2.24, 2.45) is 0 Å². The summed E-state index contributed by atoms with van der Waals surface area (Å²) in [5.41, 5.74) is 1.74. The van der Waals surface area contributed by atoms with E-state index in [1.807, 2.05) is 24.3 Å². The molecule has 5 heteroatoms. The maximum atomic E-state index is 10.6. The van der Waals surface area contributed by atoms with Crippen LogP contribution in [0.2, 0.25) is 0 Å². The second-order valence-electron chi connectivity index (χ2n) is 2.65. The van der Waals surface area contributed by atoms with Gasteiger partial charge >= 0.3 is 72.6 Å². The van der Waals surface area contributed by atoms with E-state index in [0.717, 1.165) is 11.0 Å². The van der Waals surface area contributed by atoms with E-state index in [-0.39, 0.29) is 16.9 Å². The fourth-order valence-corrected chi connectivity index (χ4v) is 0.930. The Bertz CT molecular complexity index is 291. The molecule has 0 bridgehead atoms. The van der Waals surface area contributed by atoms with Crippen LogP contribution in [-0.2, 0) is 11.3 Å². The standard InChI is InChI=1S/C9H10BNO.2H2O/c1-7(12)11-6-8-3-2-4-9(10)5-8;;/h2-5H,6H2,1H3,(H,11,12);2*1H2/q+2;;/p-2. The molecule has 0 fully saturated rings. The Morgan fingerprint density at radius 2 is 2.07 bits per heavy atom. The average molecular weight is 193 g/mol. The van der Waals surface area contributed by atoms with E-state index in [9.17, 15) is 4.79 Å². The van der Waals surface area contributed by atoms with Crippen LogP contribution in [0.5, 0.6) is 0 Å². The first-order valence-corrected chi connectivity index (χ1v) is 3.77. The molecule has 0 aliphatic heterocycles. The molecule has 0 unspecified atom stereocenters. The van der Waals surface area contributed by atoms with E-state index in [1.54, 1.807) is 0 Å². The number of amides is 1. The Hall–Kier alpha value is -1.33. The molecule has 0 atom stereocenters. The third-order valence-electron chi connectivity index (χ3n) is 1.49. The molecule has 0 aliphatic rings. The number of hydrogen-bond donors (Lipinski definition) is 1. The molecular weight excluding hydrogens is 181 g/mol. The van der Waals surface area contributed by atoms with Gasteiger partial charge in [-0.25, -0.2) is 0 Å². The number of nitrogens with one attached hydrogen (secondary N) is 1. The van der Waals surface area contributed by atoms with Gasteiger partial charge in [0.25, 0.3) is 0 Å². The summed E-state index contributed by atoms with van der Waals surface area (Å²) in [6.07, 6.45) is 0. The minimum Gasteiger partial charge on any atom is -0.870 e. The van der Waals surface area contributed by atoms with Gasteiger partial charge in [0.1, 0.15) is 0 Å². The van der Waals surface area contributed by atoms with Crippen LogP contribution in [0, 0.1) is 0 Å². The molecule has 0 aromatic heterocycles. The van der Waals surface area contributed by atoms with Gasteiger partial charge in [-0.15, -0.1) is 0 Å². The van der Waals surface area contributed by atoms with Gasteiger partial charge in [0.05, 0.1) is 0 Å². The van der Waals surface area contributed by atoms with Crippen molar-refractivity contribution in [1.82, 2.24) is 5.32 Å². The second-order valence-corrected chi connectivity index (χ2v) is 2.65. The zero-order valence-corrected chi connectivity index (χ0v) is 7.90. The van der Waals surface area contributed by atoms with Crippen molar-refractivity contribution in [2.75, 3.05) is 0 Å². The van der Waals surface area contributed by atoms with Crippen LogP contribution < -0.4 is 10.8 Å². The molecule has 1 aromatic carbocycles. The largest absolute Gasteiger partial charge is 0.870 e. The molecule has 1 amide bonds. The second kappa shape index (κ2) is 7.11. The minimum absolute atomic E-state index is 0. The Morgan fingerprint density at radius 1 is 1.43 bits per heavy atom. The molecule has 14 heavy (non-hydrogen) atoms. The summed E-state index contributed by atoms with van der Waals surface area (Å²) in [5.74, 6) is -0.0302. The molecule has 0 aliphatic carbocycles. The number of carbonyl (C=O) groups is 1.